The van der Waals surface area contributed by atoms with Crippen molar-refractivity contribution in [1.82, 2.24) is 9.97 Å². The molecule has 4 nitrogen and oxygen atoms in total. The van der Waals surface area contributed by atoms with Crippen LogP contribution in [0.25, 0.3) is 0 Å². The van der Waals surface area contributed by atoms with E-state index in [1.807, 2.05) is 13.8 Å². The summed E-state index contributed by atoms with van der Waals surface area (Å²) in [7, 11) is 0. The van der Waals surface area contributed by atoms with Gasteiger partial charge in [-0.2, -0.15) is 13.2 Å². The Kier molecular flexibility index (Phi) is 6.48. The molecule has 0 aliphatic heterocycles. The third kappa shape index (κ3) is 6.38. The fourth-order valence-corrected chi connectivity index (χ4v) is 1.58. The minimum absolute atomic E-state index is 0.0714. The molecule has 0 fully saturated rings. The first-order valence-corrected chi connectivity index (χ1v) is 6.64. The van der Waals surface area contributed by atoms with Crippen molar-refractivity contribution in [2.45, 2.75) is 39.0 Å². The van der Waals surface area contributed by atoms with Crippen molar-refractivity contribution in [3.63, 3.8) is 0 Å². The van der Waals surface area contributed by atoms with Crippen molar-refractivity contribution >= 4 is 17.4 Å². The Bertz CT molecular complexity index is 427. The first-order chi connectivity index (χ1) is 9.29. The lowest BCUT2D eigenvalue weighted by molar-refractivity contribution is -0.144. The summed E-state index contributed by atoms with van der Waals surface area (Å²) >= 11 is 5.54. The average molecular weight is 312 g/mol. The highest BCUT2D eigenvalue weighted by Gasteiger charge is 2.35. The maximum Gasteiger partial charge on any atom is 0.451 e. The number of rotatable bonds is 7. The summed E-state index contributed by atoms with van der Waals surface area (Å²) in [6, 6.07) is 1.27. The van der Waals surface area contributed by atoms with Gasteiger partial charge in [-0.15, -0.1) is 0 Å². The molecule has 0 atom stereocenters. The van der Waals surface area contributed by atoms with E-state index in [1.165, 1.54) is 6.07 Å². The van der Waals surface area contributed by atoms with Crippen LogP contribution in [0, 0.1) is 0 Å². The Hall–Kier alpha value is -1.08. The molecule has 0 amide bonds. The number of anilines is 1. The van der Waals surface area contributed by atoms with Crippen LogP contribution in [-0.4, -0.2) is 29.2 Å². The van der Waals surface area contributed by atoms with Gasteiger partial charge in [0.15, 0.2) is 0 Å². The molecule has 0 bridgehead atoms. The molecule has 0 spiro atoms. The van der Waals surface area contributed by atoms with Crippen molar-refractivity contribution in [1.29, 1.82) is 0 Å². The molecule has 1 aromatic rings. The maximum absolute atomic E-state index is 12.5. The summed E-state index contributed by atoms with van der Waals surface area (Å²) in [4.78, 5) is 6.54. The van der Waals surface area contributed by atoms with E-state index in [0.29, 0.717) is 13.2 Å². The third-order valence-corrected chi connectivity index (χ3v) is 2.47. The Morgan fingerprint density at radius 3 is 2.60 bits per heavy atom. The lowest BCUT2D eigenvalue weighted by Gasteiger charge is -2.10. The highest BCUT2D eigenvalue weighted by Crippen LogP contribution is 2.28. The highest BCUT2D eigenvalue weighted by molar-refractivity contribution is 6.29. The Labute approximate surface area is 120 Å². The number of halogens is 4. The van der Waals surface area contributed by atoms with E-state index in [9.17, 15) is 13.2 Å². The van der Waals surface area contributed by atoms with E-state index in [-0.39, 0.29) is 17.1 Å². The van der Waals surface area contributed by atoms with Gasteiger partial charge in [-0.1, -0.05) is 11.6 Å². The fourth-order valence-electron chi connectivity index (χ4n) is 1.40. The molecule has 20 heavy (non-hydrogen) atoms. The van der Waals surface area contributed by atoms with Gasteiger partial charge >= 0.3 is 6.18 Å². The fraction of sp³-hybridized carbons (Fsp3) is 0.667. The number of hydrogen-bond donors (Lipinski definition) is 1. The predicted molar refractivity (Wildman–Crippen MR) is 70.9 cm³/mol. The SMILES string of the molecule is CC(C)OCCCCNc1cc(Cl)nc(C(F)(F)F)n1. The quantitative estimate of drug-likeness (QED) is 0.615. The summed E-state index contributed by atoms with van der Waals surface area (Å²) in [5, 5.41) is 2.56. The van der Waals surface area contributed by atoms with Crippen molar-refractivity contribution in [3.8, 4) is 0 Å². The molecule has 0 saturated heterocycles. The summed E-state index contributed by atoms with van der Waals surface area (Å²) < 4.78 is 42.8. The van der Waals surface area contributed by atoms with Gasteiger partial charge in [-0.3, -0.25) is 0 Å². The van der Waals surface area contributed by atoms with Gasteiger partial charge in [0.25, 0.3) is 0 Å². The lowest BCUT2D eigenvalue weighted by Crippen LogP contribution is -2.14. The van der Waals surface area contributed by atoms with E-state index < -0.39 is 12.0 Å². The Morgan fingerprint density at radius 1 is 1.30 bits per heavy atom. The van der Waals surface area contributed by atoms with Crippen molar-refractivity contribution in [2.24, 2.45) is 0 Å². The number of nitrogens with one attached hydrogen (secondary N) is 1. The molecule has 1 heterocycles. The van der Waals surface area contributed by atoms with Crippen LogP contribution < -0.4 is 5.32 Å². The minimum Gasteiger partial charge on any atom is -0.379 e. The van der Waals surface area contributed by atoms with E-state index in [4.69, 9.17) is 16.3 Å². The number of hydrogen-bond acceptors (Lipinski definition) is 4. The molecule has 1 aromatic heterocycles. The Morgan fingerprint density at radius 2 is 2.00 bits per heavy atom. The summed E-state index contributed by atoms with van der Waals surface area (Å²) in [6.07, 6.45) is -2.85. The normalized spacial score (nSPS) is 11.9. The number of alkyl halides is 3. The van der Waals surface area contributed by atoms with Crippen LogP contribution in [0.3, 0.4) is 0 Å². The smallest absolute Gasteiger partial charge is 0.379 e. The van der Waals surface area contributed by atoms with Gasteiger partial charge in [0.05, 0.1) is 6.10 Å². The molecular weight excluding hydrogens is 295 g/mol. The molecular formula is C12H17ClF3N3O. The van der Waals surface area contributed by atoms with Crippen molar-refractivity contribution < 1.29 is 17.9 Å². The van der Waals surface area contributed by atoms with Crippen LogP contribution in [0.4, 0.5) is 19.0 Å². The van der Waals surface area contributed by atoms with Crippen LogP contribution >= 0.6 is 11.6 Å². The second-order valence-electron chi connectivity index (χ2n) is 4.45. The molecule has 8 heteroatoms. The molecule has 0 aliphatic rings. The monoisotopic (exact) mass is 311 g/mol. The second-order valence-corrected chi connectivity index (χ2v) is 4.84. The molecule has 0 unspecified atom stereocenters. The maximum atomic E-state index is 12.5. The standard InChI is InChI=1S/C12H17ClF3N3O/c1-8(2)20-6-4-3-5-17-10-7-9(13)18-11(19-10)12(14,15)16/h7-8H,3-6H2,1-2H3,(H,17,18,19). The zero-order chi connectivity index (χ0) is 15.2. The van der Waals surface area contributed by atoms with Crippen LogP contribution in [0.2, 0.25) is 5.15 Å². The molecule has 0 aromatic carbocycles. The summed E-state index contributed by atoms with van der Waals surface area (Å²) in [5.41, 5.74) is 0. The van der Waals surface area contributed by atoms with Gasteiger partial charge in [0.2, 0.25) is 5.82 Å². The molecule has 1 N–H and O–H groups in total. The zero-order valence-electron chi connectivity index (χ0n) is 11.3. The topological polar surface area (TPSA) is 47.0 Å². The minimum atomic E-state index is -4.60. The van der Waals surface area contributed by atoms with Crippen LogP contribution in [0.15, 0.2) is 6.07 Å². The van der Waals surface area contributed by atoms with Gasteiger partial charge in [-0.25, -0.2) is 9.97 Å². The van der Waals surface area contributed by atoms with Crippen LogP contribution in [0.5, 0.6) is 0 Å². The Balaban J connectivity index is 2.42. The van der Waals surface area contributed by atoms with Gasteiger partial charge in [-0.05, 0) is 26.7 Å². The van der Waals surface area contributed by atoms with E-state index in [1.54, 1.807) is 0 Å². The van der Waals surface area contributed by atoms with Gasteiger partial charge in [0, 0.05) is 19.2 Å². The number of nitrogens with zero attached hydrogens (tertiary/aromatic N) is 2. The van der Waals surface area contributed by atoms with E-state index in [2.05, 4.69) is 15.3 Å². The van der Waals surface area contributed by atoms with Crippen LogP contribution in [-0.2, 0) is 10.9 Å². The van der Waals surface area contributed by atoms with Gasteiger partial charge in [0.1, 0.15) is 11.0 Å². The van der Waals surface area contributed by atoms with Crippen molar-refractivity contribution in [3.05, 3.63) is 17.0 Å². The largest absolute Gasteiger partial charge is 0.451 e. The molecule has 114 valence electrons. The number of unbranched alkanes of at least 4 members (excludes halogenated alkanes) is 1. The van der Waals surface area contributed by atoms with Gasteiger partial charge < -0.3 is 10.1 Å². The molecule has 0 saturated carbocycles. The lowest BCUT2D eigenvalue weighted by atomic mass is 10.3. The number of aromatic nitrogens is 2. The first kappa shape index (κ1) is 17.0. The third-order valence-electron chi connectivity index (χ3n) is 2.28. The molecule has 0 radical (unpaired) electrons. The summed E-state index contributed by atoms with van der Waals surface area (Å²) in [6.45, 7) is 5.00. The first-order valence-electron chi connectivity index (χ1n) is 6.26. The molecule has 1 rings (SSSR count). The summed E-state index contributed by atoms with van der Waals surface area (Å²) in [5.74, 6) is -1.17. The predicted octanol–water partition coefficient (Wildman–Crippen LogP) is 3.77. The number of ether oxygens (including phenoxy) is 1. The second kappa shape index (κ2) is 7.64. The van der Waals surface area contributed by atoms with E-state index in [0.717, 1.165) is 12.8 Å². The average Bonchev–Trinajstić information content (AvgIpc) is 2.31. The highest BCUT2D eigenvalue weighted by atomic mass is 35.5. The van der Waals surface area contributed by atoms with Crippen LogP contribution in [0.1, 0.15) is 32.5 Å². The van der Waals surface area contributed by atoms with Crippen molar-refractivity contribution in [2.75, 3.05) is 18.5 Å². The van der Waals surface area contributed by atoms with E-state index >= 15 is 0 Å². The zero-order valence-corrected chi connectivity index (χ0v) is 12.1. The molecule has 0 aliphatic carbocycles.